The third-order valence-electron chi connectivity index (χ3n) is 2.39. The third kappa shape index (κ3) is 3.36. The molecule has 0 aliphatic carbocycles. The Morgan fingerprint density at radius 2 is 2.12 bits per heavy atom. The van der Waals surface area contributed by atoms with Crippen molar-refractivity contribution in [3.05, 3.63) is 58.1 Å². The van der Waals surface area contributed by atoms with E-state index in [2.05, 4.69) is 4.98 Å². The van der Waals surface area contributed by atoms with Crippen LogP contribution in [0.4, 0.5) is 0 Å². The van der Waals surface area contributed by atoms with Crippen molar-refractivity contribution in [1.29, 1.82) is 0 Å². The van der Waals surface area contributed by atoms with Crippen LogP contribution >= 0.6 is 11.3 Å². The number of benzene rings is 1. The second-order valence-electron chi connectivity index (χ2n) is 3.77. The molecule has 0 saturated carbocycles. The number of aromatic nitrogens is 1. The molecule has 0 spiro atoms. The van der Waals surface area contributed by atoms with Gasteiger partial charge in [-0.3, -0.25) is 4.79 Å². The highest BCUT2D eigenvalue weighted by Gasteiger charge is 2.02. The van der Waals surface area contributed by atoms with E-state index in [9.17, 15) is 4.79 Å². The number of carbonyl (C=O) groups excluding carboxylic acids is 1. The Labute approximate surface area is 105 Å². The minimum atomic E-state index is 0.137. The summed E-state index contributed by atoms with van der Waals surface area (Å²) in [5, 5.41) is 2.85. The van der Waals surface area contributed by atoms with Gasteiger partial charge in [0.2, 0.25) is 0 Å². The number of ketones is 1. The van der Waals surface area contributed by atoms with Crippen LogP contribution in [0.25, 0.3) is 6.08 Å². The molecule has 0 saturated heterocycles. The second-order valence-corrected chi connectivity index (χ2v) is 4.69. The van der Waals surface area contributed by atoms with Gasteiger partial charge in [0.1, 0.15) is 5.01 Å². The number of hydrogen-bond donors (Lipinski definition) is 0. The summed E-state index contributed by atoms with van der Waals surface area (Å²) >= 11 is 1.56. The summed E-state index contributed by atoms with van der Waals surface area (Å²) < 4.78 is 0. The molecular formula is C14H13NOS. The van der Waals surface area contributed by atoms with Crippen molar-refractivity contribution < 1.29 is 4.79 Å². The molecule has 1 aromatic carbocycles. The van der Waals surface area contributed by atoms with Crippen LogP contribution in [0.15, 0.2) is 41.9 Å². The standard InChI is InChI=1S/C14H13NOS/c1-11-5-7-12(8-6-11)13(16)3-2-4-14-15-9-10-17-14/h2,4-10H,3H2,1H3. The molecule has 1 aromatic heterocycles. The number of nitrogens with zero attached hydrogens (tertiary/aromatic N) is 1. The number of aryl methyl sites for hydroxylation is 1. The lowest BCUT2D eigenvalue weighted by Crippen LogP contribution is -1.96. The number of rotatable bonds is 4. The van der Waals surface area contributed by atoms with Gasteiger partial charge in [0, 0.05) is 23.6 Å². The summed E-state index contributed by atoms with van der Waals surface area (Å²) in [6.45, 7) is 2.01. The number of hydrogen-bond acceptors (Lipinski definition) is 3. The van der Waals surface area contributed by atoms with Crippen molar-refractivity contribution in [3.63, 3.8) is 0 Å². The minimum absolute atomic E-state index is 0.137. The van der Waals surface area contributed by atoms with Crippen LogP contribution in [0.3, 0.4) is 0 Å². The van der Waals surface area contributed by atoms with Crippen LogP contribution in [0.5, 0.6) is 0 Å². The van der Waals surface area contributed by atoms with E-state index in [1.54, 1.807) is 17.5 Å². The van der Waals surface area contributed by atoms with Gasteiger partial charge >= 0.3 is 0 Å². The maximum Gasteiger partial charge on any atom is 0.166 e. The average molecular weight is 243 g/mol. The van der Waals surface area contributed by atoms with Crippen molar-refractivity contribution in [2.75, 3.05) is 0 Å². The van der Waals surface area contributed by atoms with Gasteiger partial charge in [0.25, 0.3) is 0 Å². The molecule has 1 heterocycles. The van der Waals surface area contributed by atoms with Crippen LogP contribution in [0.2, 0.25) is 0 Å². The zero-order chi connectivity index (χ0) is 12.1. The minimum Gasteiger partial charge on any atom is -0.294 e. The van der Waals surface area contributed by atoms with Crippen molar-refractivity contribution in [1.82, 2.24) is 4.98 Å². The van der Waals surface area contributed by atoms with Crippen molar-refractivity contribution in [2.24, 2.45) is 0 Å². The predicted octanol–water partition coefficient (Wildman–Crippen LogP) is 3.74. The summed E-state index contributed by atoms with van der Waals surface area (Å²) in [6, 6.07) is 7.65. The molecule has 0 fully saturated rings. The normalized spacial score (nSPS) is 10.9. The zero-order valence-corrected chi connectivity index (χ0v) is 10.4. The molecule has 0 unspecified atom stereocenters. The monoisotopic (exact) mass is 243 g/mol. The van der Waals surface area contributed by atoms with Gasteiger partial charge in [-0.05, 0) is 13.0 Å². The van der Waals surface area contributed by atoms with E-state index in [0.29, 0.717) is 6.42 Å². The smallest absolute Gasteiger partial charge is 0.166 e. The fraction of sp³-hybridized carbons (Fsp3) is 0.143. The molecule has 86 valence electrons. The largest absolute Gasteiger partial charge is 0.294 e. The molecule has 0 radical (unpaired) electrons. The Morgan fingerprint density at radius 3 is 2.76 bits per heavy atom. The highest BCUT2D eigenvalue weighted by Crippen LogP contribution is 2.09. The van der Waals surface area contributed by atoms with E-state index in [-0.39, 0.29) is 5.78 Å². The Balaban J connectivity index is 1.96. The molecule has 0 amide bonds. The lowest BCUT2D eigenvalue weighted by atomic mass is 10.1. The summed E-state index contributed by atoms with van der Waals surface area (Å²) in [7, 11) is 0. The van der Waals surface area contributed by atoms with Gasteiger partial charge in [0.15, 0.2) is 5.78 Å². The predicted molar refractivity (Wildman–Crippen MR) is 71.3 cm³/mol. The van der Waals surface area contributed by atoms with Gasteiger partial charge in [-0.1, -0.05) is 35.9 Å². The molecule has 0 N–H and O–H groups in total. The van der Waals surface area contributed by atoms with Crippen LogP contribution in [-0.4, -0.2) is 10.8 Å². The molecule has 0 bridgehead atoms. The third-order valence-corrected chi connectivity index (χ3v) is 3.13. The van der Waals surface area contributed by atoms with Crippen LogP contribution in [0.1, 0.15) is 27.3 Å². The lowest BCUT2D eigenvalue weighted by Gasteiger charge is -1.98. The summed E-state index contributed by atoms with van der Waals surface area (Å²) in [4.78, 5) is 15.9. The van der Waals surface area contributed by atoms with E-state index >= 15 is 0 Å². The first-order chi connectivity index (χ1) is 8.25. The number of carbonyl (C=O) groups is 1. The molecular weight excluding hydrogens is 230 g/mol. The van der Waals surface area contributed by atoms with E-state index in [4.69, 9.17) is 0 Å². The topological polar surface area (TPSA) is 30.0 Å². The number of thiazole rings is 1. The highest BCUT2D eigenvalue weighted by molar-refractivity contribution is 7.10. The molecule has 2 aromatic rings. The van der Waals surface area contributed by atoms with Gasteiger partial charge in [-0.25, -0.2) is 4.98 Å². The van der Waals surface area contributed by atoms with E-state index in [1.165, 1.54) is 5.56 Å². The fourth-order valence-electron chi connectivity index (χ4n) is 1.44. The van der Waals surface area contributed by atoms with E-state index in [0.717, 1.165) is 10.6 Å². The van der Waals surface area contributed by atoms with Crippen LogP contribution in [0, 0.1) is 6.92 Å². The Bertz CT molecular complexity index is 512. The summed E-state index contributed by atoms with van der Waals surface area (Å²) in [5.41, 5.74) is 1.93. The Kier molecular flexibility index (Phi) is 3.83. The van der Waals surface area contributed by atoms with Crippen molar-refractivity contribution in [3.8, 4) is 0 Å². The highest BCUT2D eigenvalue weighted by atomic mass is 32.1. The van der Waals surface area contributed by atoms with Gasteiger partial charge in [0.05, 0.1) is 0 Å². The van der Waals surface area contributed by atoms with Gasteiger partial charge in [-0.15, -0.1) is 11.3 Å². The first-order valence-corrected chi connectivity index (χ1v) is 6.29. The second kappa shape index (κ2) is 5.55. The molecule has 0 aliphatic rings. The number of Topliss-reactive ketones (excluding diaryl/α,β-unsaturated/α-hetero) is 1. The van der Waals surface area contributed by atoms with Gasteiger partial charge in [-0.2, -0.15) is 0 Å². The quantitative estimate of drug-likeness (QED) is 0.766. The van der Waals surface area contributed by atoms with Crippen LogP contribution < -0.4 is 0 Å². The SMILES string of the molecule is Cc1ccc(C(=O)CC=Cc2nccs2)cc1. The first-order valence-electron chi connectivity index (χ1n) is 5.41. The van der Waals surface area contributed by atoms with Crippen molar-refractivity contribution >= 4 is 23.2 Å². The summed E-state index contributed by atoms with van der Waals surface area (Å²) in [5.74, 6) is 0.137. The van der Waals surface area contributed by atoms with Gasteiger partial charge < -0.3 is 0 Å². The fourth-order valence-corrected chi connectivity index (χ4v) is 2.00. The summed E-state index contributed by atoms with van der Waals surface area (Å²) in [6.07, 6.45) is 5.92. The molecule has 2 nitrogen and oxygen atoms in total. The molecule has 17 heavy (non-hydrogen) atoms. The van der Waals surface area contributed by atoms with E-state index in [1.807, 2.05) is 48.7 Å². The zero-order valence-electron chi connectivity index (χ0n) is 9.59. The lowest BCUT2D eigenvalue weighted by molar-refractivity contribution is 0.0996. The van der Waals surface area contributed by atoms with Crippen molar-refractivity contribution in [2.45, 2.75) is 13.3 Å². The Hall–Kier alpha value is -1.74. The van der Waals surface area contributed by atoms with E-state index < -0.39 is 0 Å². The molecule has 2 rings (SSSR count). The first kappa shape index (κ1) is 11.7. The molecule has 3 heteroatoms. The maximum absolute atomic E-state index is 11.8. The average Bonchev–Trinajstić information content (AvgIpc) is 2.83. The molecule has 0 aliphatic heterocycles. The number of allylic oxidation sites excluding steroid dienone is 1. The Morgan fingerprint density at radius 1 is 1.35 bits per heavy atom. The molecule has 0 atom stereocenters. The maximum atomic E-state index is 11.8. The van der Waals surface area contributed by atoms with Crippen LogP contribution in [-0.2, 0) is 0 Å².